The molecule has 0 spiro atoms. The topological polar surface area (TPSA) is 171 Å². The Bertz CT molecular complexity index is 3400. The number of carbonyl (C=O) groups excluding carboxylic acids is 1. The fraction of sp³-hybridized carbons (Fsp3) is 0.414. The predicted octanol–water partition coefficient (Wildman–Crippen LogP) is 8.71. The number of rotatable bonds is 28. The van der Waals surface area contributed by atoms with E-state index in [2.05, 4.69) is 101 Å². The van der Waals surface area contributed by atoms with E-state index in [-0.39, 0.29) is 24.9 Å². The zero-order valence-electron chi connectivity index (χ0n) is 44.8. The number of hydrogen-bond acceptors (Lipinski definition) is 15. The Morgan fingerprint density at radius 1 is 0.782 bits per heavy atom. The normalized spacial score (nSPS) is 13.2. The van der Waals surface area contributed by atoms with E-state index in [4.69, 9.17) is 37.9 Å². The van der Waals surface area contributed by atoms with Crippen LogP contribution in [0, 0.1) is 19.7 Å². The molecule has 1 aliphatic heterocycles. The molecule has 1 saturated heterocycles. The molecule has 18 nitrogen and oxygen atoms in total. The Morgan fingerprint density at radius 2 is 1.55 bits per heavy atom. The van der Waals surface area contributed by atoms with Gasteiger partial charge in [0, 0.05) is 91.0 Å². The Morgan fingerprint density at radius 3 is 2.31 bits per heavy atom. The standard InChI is InChI=1S/C58H67FN10O8S/c1-5-68-52-12-6-43(30-48(52)47-11-9-44(33-54(47)68)51-38-78-39-60-51)34-65(4)57(70)37-75-29-28-74-27-26-73-25-24-72-23-20-67-35-46(62-64-67)36-76-55-14-7-42(31-49(55)59)8-15-56-61-50-32-45(58-40(2)63-77-41(58)3)10-13-53(50)69(56)17-16-66-18-21-71-22-19-66/h6-7,9-14,30-33,35,38-39H,5,8,15-29,34,36-37H2,1-4H3. The third-order valence-electron chi connectivity index (χ3n) is 14.1. The van der Waals surface area contributed by atoms with Crippen LogP contribution < -0.4 is 4.74 Å². The molecule has 0 N–H and O–H groups in total. The number of fused-ring (bicyclic) bond motifs is 4. The van der Waals surface area contributed by atoms with Gasteiger partial charge >= 0.3 is 0 Å². The molecule has 1 amide bonds. The number of aromatic nitrogens is 8. The highest BCUT2D eigenvalue weighted by Crippen LogP contribution is 2.34. The van der Waals surface area contributed by atoms with E-state index < -0.39 is 5.82 Å². The van der Waals surface area contributed by atoms with Gasteiger partial charge in [0.1, 0.15) is 30.5 Å². The number of halogens is 1. The summed E-state index contributed by atoms with van der Waals surface area (Å²) in [5, 5.41) is 16.9. The van der Waals surface area contributed by atoms with Crippen molar-refractivity contribution in [2.45, 2.75) is 66.4 Å². The van der Waals surface area contributed by atoms with E-state index >= 15 is 4.39 Å². The van der Waals surface area contributed by atoms with Crippen molar-refractivity contribution in [2.24, 2.45) is 0 Å². The van der Waals surface area contributed by atoms with Crippen molar-refractivity contribution < 1.29 is 42.1 Å². The maximum absolute atomic E-state index is 15.4. The number of imidazole rings is 1. The highest BCUT2D eigenvalue weighted by molar-refractivity contribution is 7.07. The Labute approximate surface area is 456 Å². The van der Waals surface area contributed by atoms with Crippen LogP contribution in [-0.2, 0) is 74.1 Å². The molecule has 5 aromatic heterocycles. The summed E-state index contributed by atoms with van der Waals surface area (Å²) in [6.07, 6.45) is 3.01. The van der Waals surface area contributed by atoms with Crippen LogP contribution >= 0.6 is 11.3 Å². The first-order valence-corrected chi connectivity index (χ1v) is 27.6. The van der Waals surface area contributed by atoms with Crippen LogP contribution in [0.2, 0.25) is 0 Å². The molecule has 0 unspecified atom stereocenters. The summed E-state index contributed by atoms with van der Waals surface area (Å²) in [5.74, 6) is 1.34. The third kappa shape index (κ3) is 13.3. The van der Waals surface area contributed by atoms with Gasteiger partial charge in [-0.3, -0.25) is 9.69 Å². The van der Waals surface area contributed by atoms with Crippen molar-refractivity contribution in [1.29, 1.82) is 0 Å². The lowest BCUT2D eigenvalue weighted by atomic mass is 10.0. The molecule has 0 aliphatic carbocycles. The second kappa shape index (κ2) is 26.2. The van der Waals surface area contributed by atoms with Crippen molar-refractivity contribution >= 4 is 50.1 Å². The molecular weight excluding hydrogens is 1020 g/mol. The second-order valence-corrected chi connectivity index (χ2v) is 20.1. The summed E-state index contributed by atoms with van der Waals surface area (Å²) >= 11 is 1.59. The molecule has 1 aliphatic rings. The van der Waals surface area contributed by atoms with Gasteiger partial charge in [-0.2, -0.15) is 0 Å². The van der Waals surface area contributed by atoms with Crippen LogP contribution in [0.4, 0.5) is 4.39 Å². The minimum atomic E-state index is -0.436. The number of hydrogen-bond donors (Lipinski definition) is 0. The van der Waals surface area contributed by atoms with Gasteiger partial charge in [0.05, 0.1) is 100 Å². The van der Waals surface area contributed by atoms with E-state index in [0.717, 1.165) is 108 Å². The van der Waals surface area contributed by atoms with Crippen molar-refractivity contribution in [3.05, 3.63) is 130 Å². The molecule has 9 aromatic rings. The number of aryl methyl sites for hydroxylation is 5. The Balaban J connectivity index is 0.583. The first-order valence-electron chi connectivity index (χ1n) is 26.7. The molecule has 0 radical (unpaired) electrons. The van der Waals surface area contributed by atoms with Gasteiger partial charge in [-0.1, -0.05) is 40.7 Å². The molecule has 10 rings (SSSR count). The average Bonchev–Trinajstić information content (AvgIpc) is 4.35. The lowest BCUT2D eigenvalue weighted by Gasteiger charge is -2.27. The molecule has 4 aromatic carbocycles. The minimum absolute atomic E-state index is 0.0246. The highest BCUT2D eigenvalue weighted by atomic mass is 32.1. The third-order valence-corrected chi connectivity index (χ3v) is 14.7. The molecular formula is C58H67FN10O8S. The number of morpholine rings is 1. The van der Waals surface area contributed by atoms with Gasteiger partial charge in [-0.25, -0.2) is 19.0 Å². The molecule has 1 fully saturated rings. The van der Waals surface area contributed by atoms with Gasteiger partial charge < -0.3 is 47.0 Å². The Hall–Kier alpha value is -6.91. The lowest BCUT2D eigenvalue weighted by Crippen LogP contribution is -2.38. The number of ether oxygens (including phenoxy) is 6. The molecule has 0 bridgehead atoms. The summed E-state index contributed by atoms with van der Waals surface area (Å²) in [7, 11) is 1.80. The van der Waals surface area contributed by atoms with Gasteiger partial charge in [0.2, 0.25) is 5.91 Å². The van der Waals surface area contributed by atoms with Gasteiger partial charge in [0.15, 0.2) is 11.6 Å². The predicted molar refractivity (Wildman–Crippen MR) is 296 cm³/mol. The molecule has 6 heterocycles. The second-order valence-electron chi connectivity index (χ2n) is 19.4. The molecule has 20 heteroatoms. The monoisotopic (exact) mass is 1080 g/mol. The number of likely N-dealkylation sites (N-methyl/N-ethyl adjacent to an activating group) is 1. The first-order chi connectivity index (χ1) is 38.2. The number of benzene rings is 4. The quantitative estimate of drug-likeness (QED) is 0.0427. The molecule has 410 valence electrons. The lowest BCUT2D eigenvalue weighted by molar-refractivity contribution is -0.135. The fourth-order valence-corrected chi connectivity index (χ4v) is 10.6. The smallest absolute Gasteiger partial charge is 0.248 e. The van der Waals surface area contributed by atoms with E-state index in [0.29, 0.717) is 77.9 Å². The van der Waals surface area contributed by atoms with Crippen LogP contribution in [0.15, 0.2) is 94.4 Å². The van der Waals surface area contributed by atoms with E-state index in [1.54, 1.807) is 40.2 Å². The highest BCUT2D eigenvalue weighted by Gasteiger charge is 2.20. The minimum Gasteiger partial charge on any atom is -0.484 e. The largest absolute Gasteiger partial charge is 0.484 e. The van der Waals surface area contributed by atoms with Crippen molar-refractivity contribution in [3.63, 3.8) is 0 Å². The summed E-state index contributed by atoms with van der Waals surface area (Å²) in [6.45, 7) is 15.5. The number of nitrogens with zero attached hydrogens (tertiary/aromatic N) is 10. The maximum Gasteiger partial charge on any atom is 0.248 e. The van der Waals surface area contributed by atoms with Crippen LogP contribution in [0.3, 0.4) is 0 Å². The maximum atomic E-state index is 15.4. The van der Waals surface area contributed by atoms with Crippen LogP contribution in [0.25, 0.3) is 55.2 Å². The summed E-state index contributed by atoms with van der Waals surface area (Å²) in [6, 6.07) is 24.4. The van der Waals surface area contributed by atoms with Gasteiger partial charge in [-0.05, 0) is 86.3 Å². The molecule has 78 heavy (non-hydrogen) atoms. The van der Waals surface area contributed by atoms with Crippen LogP contribution in [0.1, 0.15) is 41.0 Å². The zero-order chi connectivity index (χ0) is 53.8. The van der Waals surface area contributed by atoms with Crippen molar-refractivity contribution in [3.8, 4) is 28.1 Å². The van der Waals surface area contributed by atoms with E-state index in [1.807, 2.05) is 25.4 Å². The average molecular weight is 1080 g/mol. The Kier molecular flexibility index (Phi) is 18.3. The number of carbonyl (C=O) groups is 1. The van der Waals surface area contributed by atoms with Crippen molar-refractivity contribution in [1.82, 2.24) is 49.1 Å². The summed E-state index contributed by atoms with van der Waals surface area (Å²) in [4.78, 5) is 26.6. The number of amides is 1. The SMILES string of the molecule is CCn1c2ccc(CN(C)C(=O)COCCOCCOCCOCCn3cc(COc4ccc(CCc5nc6cc(-c7c(C)noc7C)ccc6n5CCN5CCOCC5)cc4F)nn3)cc2c2ccc(-c3cscn3)cc21. The first kappa shape index (κ1) is 54.4. The summed E-state index contributed by atoms with van der Waals surface area (Å²) < 4.78 is 61.2. The van der Waals surface area contributed by atoms with E-state index in [1.165, 1.54) is 27.9 Å². The summed E-state index contributed by atoms with van der Waals surface area (Å²) in [5.41, 5.74) is 13.6. The molecule has 0 atom stereocenters. The van der Waals surface area contributed by atoms with Crippen molar-refractivity contribution in [2.75, 3.05) is 92.8 Å². The fourth-order valence-electron chi connectivity index (χ4n) is 10.0. The van der Waals surface area contributed by atoms with Crippen LogP contribution in [0.5, 0.6) is 5.75 Å². The molecule has 0 saturated carbocycles. The van der Waals surface area contributed by atoms with Crippen LogP contribution in [-0.4, -0.2) is 148 Å². The van der Waals surface area contributed by atoms with Gasteiger partial charge in [0.25, 0.3) is 0 Å². The van der Waals surface area contributed by atoms with E-state index in [9.17, 15) is 4.79 Å². The van der Waals surface area contributed by atoms with Gasteiger partial charge in [-0.15, -0.1) is 16.4 Å². The number of thiazole rings is 1. The zero-order valence-corrected chi connectivity index (χ0v) is 45.6.